The van der Waals surface area contributed by atoms with Gasteiger partial charge in [0.25, 0.3) is 5.91 Å². The van der Waals surface area contributed by atoms with Crippen molar-refractivity contribution in [2.75, 3.05) is 20.2 Å². The van der Waals surface area contributed by atoms with Crippen molar-refractivity contribution in [3.8, 4) is 5.75 Å². The molecule has 0 saturated carbocycles. The fraction of sp³-hybridized carbons (Fsp3) is 0.333. The normalized spacial score (nSPS) is 11.7. The molecule has 0 radical (unpaired) electrons. The largest absolute Gasteiger partial charge is 0.573 e. The Morgan fingerprint density at radius 3 is 2.25 bits per heavy atom. The lowest BCUT2D eigenvalue weighted by Gasteiger charge is -2.10. The molecule has 0 aliphatic carbocycles. The van der Waals surface area contributed by atoms with Crippen LogP contribution in [0.25, 0.3) is 0 Å². The third-order valence-corrected chi connectivity index (χ3v) is 3.83. The molecule has 0 bridgehead atoms. The molecule has 0 unspecified atom stereocenters. The molecule has 1 aromatic carbocycles. The zero-order valence-corrected chi connectivity index (χ0v) is 13.0. The summed E-state index contributed by atoms with van der Waals surface area (Å²) in [7, 11) is -2.82. The molecule has 0 atom stereocenters. The molecule has 0 aliphatic heterocycles. The average molecular weight is 370 g/mol. The van der Waals surface area contributed by atoms with E-state index in [2.05, 4.69) is 14.8 Å². The number of nitrogens with one attached hydrogen (secondary N) is 2. The highest BCUT2D eigenvalue weighted by atomic mass is 32.2. The highest BCUT2D eigenvalue weighted by molar-refractivity contribution is 7.89. The topological polar surface area (TPSA) is 111 Å². The zero-order valence-electron chi connectivity index (χ0n) is 12.2. The smallest absolute Gasteiger partial charge is 0.455 e. The number of alkyl halides is 3. The van der Waals surface area contributed by atoms with E-state index >= 15 is 0 Å². The van der Waals surface area contributed by atoms with Gasteiger partial charge in [-0.15, -0.1) is 13.2 Å². The van der Waals surface area contributed by atoms with Crippen LogP contribution >= 0.6 is 0 Å². The Hall–Kier alpha value is -2.34. The maximum atomic E-state index is 12.0. The van der Waals surface area contributed by atoms with Crippen molar-refractivity contribution in [2.45, 2.75) is 11.3 Å². The molecule has 1 aromatic rings. The van der Waals surface area contributed by atoms with Gasteiger partial charge in [0.2, 0.25) is 10.0 Å². The number of hydrogen-bond donors (Lipinski definition) is 2. The summed E-state index contributed by atoms with van der Waals surface area (Å²) >= 11 is 0. The minimum absolute atomic E-state index is 0.379. The van der Waals surface area contributed by atoms with Gasteiger partial charge >= 0.3 is 12.3 Å². The molecule has 8 nitrogen and oxygen atoms in total. The lowest BCUT2D eigenvalue weighted by Crippen LogP contribution is -2.33. The van der Waals surface area contributed by atoms with Gasteiger partial charge in [-0.2, -0.15) is 4.72 Å². The van der Waals surface area contributed by atoms with Crippen molar-refractivity contribution >= 4 is 21.9 Å². The molecule has 24 heavy (non-hydrogen) atoms. The summed E-state index contributed by atoms with van der Waals surface area (Å²) in [6.45, 7) is -1.32. The average Bonchev–Trinajstić information content (AvgIpc) is 2.49. The Morgan fingerprint density at radius 1 is 1.17 bits per heavy atom. The number of carbonyl (C=O) groups excluding carboxylic acids is 2. The fourth-order valence-corrected chi connectivity index (χ4v) is 2.30. The van der Waals surface area contributed by atoms with Gasteiger partial charge in [-0.25, -0.2) is 8.42 Å². The lowest BCUT2D eigenvalue weighted by molar-refractivity contribution is -0.274. The molecule has 134 valence electrons. The van der Waals surface area contributed by atoms with E-state index in [4.69, 9.17) is 0 Å². The number of rotatable bonds is 7. The minimum atomic E-state index is -4.90. The van der Waals surface area contributed by atoms with Crippen LogP contribution in [0.4, 0.5) is 13.2 Å². The van der Waals surface area contributed by atoms with Gasteiger partial charge in [0.1, 0.15) is 12.3 Å². The number of benzene rings is 1. The van der Waals surface area contributed by atoms with Gasteiger partial charge in [-0.1, -0.05) is 0 Å². The number of ether oxygens (including phenoxy) is 2. The van der Waals surface area contributed by atoms with Gasteiger partial charge in [0.15, 0.2) is 6.61 Å². The standard InChI is InChI=1S/C12H13F3N2O6S/c1-16-10(18)7-22-11(19)6-17-24(20,21)9-4-2-8(3-5-9)23-12(13,14)15/h2-5,17H,6-7H2,1H3,(H,16,18). The van der Waals surface area contributed by atoms with Gasteiger partial charge < -0.3 is 14.8 Å². The van der Waals surface area contributed by atoms with E-state index in [1.54, 1.807) is 0 Å². The number of carbonyl (C=O) groups is 2. The number of amides is 1. The van der Waals surface area contributed by atoms with Crippen LogP contribution in [-0.4, -0.2) is 46.9 Å². The van der Waals surface area contributed by atoms with E-state index in [1.807, 2.05) is 4.72 Å². The number of hydrogen-bond acceptors (Lipinski definition) is 6. The van der Waals surface area contributed by atoms with Crippen LogP contribution in [0.15, 0.2) is 29.2 Å². The summed E-state index contributed by atoms with van der Waals surface area (Å²) < 4.78 is 69.7. The second kappa shape index (κ2) is 7.97. The van der Waals surface area contributed by atoms with Gasteiger partial charge in [0, 0.05) is 7.05 Å². The maximum Gasteiger partial charge on any atom is 0.573 e. The molecule has 1 amide bonds. The second-order valence-electron chi connectivity index (χ2n) is 4.18. The Labute approximate surface area is 135 Å². The van der Waals surface area contributed by atoms with Crippen LogP contribution in [-0.2, 0) is 24.3 Å². The Balaban J connectivity index is 2.62. The summed E-state index contributed by atoms with van der Waals surface area (Å²) in [6, 6.07) is 3.37. The Kier molecular flexibility index (Phi) is 6.54. The van der Waals surface area contributed by atoms with Gasteiger partial charge in [-0.05, 0) is 24.3 Å². The van der Waals surface area contributed by atoms with Crippen molar-refractivity contribution in [2.24, 2.45) is 0 Å². The molecule has 0 heterocycles. The molecule has 0 saturated heterocycles. The first-order chi connectivity index (χ1) is 11.0. The Bertz CT molecular complexity index is 688. The van der Waals surface area contributed by atoms with Crippen LogP contribution in [0.3, 0.4) is 0 Å². The fourth-order valence-electron chi connectivity index (χ4n) is 1.33. The summed E-state index contributed by atoms with van der Waals surface area (Å²) in [5, 5.41) is 2.19. The van der Waals surface area contributed by atoms with Crippen molar-refractivity contribution < 1.29 is 40.7 Å². The number of sulfonamides is 1. The van der Waals surface area contributed by atoms with Crippen molar-refractivity contribution in [3.05, 3.63) is 24.3 Å². The van der Waals surface area contributed by atoms with Gasteiger partial charge in [-0.3, -0.25) is 9.59 Å². The first kappa shape index (κ1) is 19.7. The molecule has 12 heteroatoms. The van der Waals surface area contributed by atoms with Crippen molar-refractivity contribution in [3.63, 3.8) is 0 Å². The third-order valence-electron chi connectivity index (χ3n) is 2.42. The molecule has 0 spiro atoms. The Morgan fingerprint density at radius 2 is 1.75 bits per heavy atom. The molecular weight excluding hydrogens is 357 g/mol. The van der Waals surface area contributed by atoms with E-state index < -0.39 is 47.2 Å². The minimum Gasteiger partial charge on any atom is -0.455 e. The summed E-state index contributed by atoms with van der Waals surface area (Å²) in [5.74, 6) is -2.17. The van der Waals surface area contributed by atoms with Crippen LogP contribution in [0, 0.1) is 0 Å². The quantitative estimate of drug-likeness (QED) is 0.661. The first-order valence-electron chi connectivity index (χ1n) is 6.25. The van der Waals surface area contributed by atoms with Crippen LogP contribution in [0.1, 0.15) is 0 Å². The maximum absolute atomic E-state index is 12.0. The van der Waals surface area contributed by atoms with E-state index in [1.165, 1.54) is 7.05 Å². The zero-order chi connectivity index (χ0) is 18.4. The number of esters is 1. The molecule has 2 N–H and O–H groups in total. The summed E-state index contributed by atoms with van der Waals surface area (Å²) in [6.07, 6.45) is -4.90. The highest BCUT2D eigenvalue weighted by Crippen LogP contribution is 2.23. The molecule has 0 aromatic heterocycles. The van der Waals surface area contributed by atoms with E-state index in [0.29, 0.717) is 0 Å². The molecular formula is C12H13F3N2O6S. The van der Waals surface area contributed by atoms with E-state index in [0.717, 1.165) is 24.3 Å². The van der Waals surface area contributed by atoms with Crippen LogP contribution in [0.5, 0.6) is 5.75 Å². The molecule has 1 rings (SSSR count). The SMILES string of the molecule is CNC(=O)COC(=O)CNS(=O)(=O)c1ccc(OC(F)(F)F)cc1. The summed E-state index contributed by atoms with van der Waals surface area (Å²) in [4.78, 5) is 21.8. The third kappa shape index (κ3) is 6.83. The highest BCUT2D eigenvalue weighted by Gasteiger charge is 2.31. The second-order valence-corrected chi connectivity index (χ2v) is 5.94. The first-order valence-corrected chi connectivity index (χ1v) is 7.73. The summed E-state index contributed by atoms with van der Waals surface area (Å²) in [5.41, 5.74) is 0. The predicted molar refractivity (Wildman–Crippen MR) is 73.3 cm³/mol. The van der Waals surface area contributed by atoms with Crippen molar-refractivity contribution in [1.29, 1.82) is 0 Å². The van der Waals surface area contributed by atoms with E-state index in [-0.39, 0.29) is 4.90 Å². The predicted octanol–water partition coefficient (Wildman–Crippen LogP) is 0.153. The van der Waals surface area contributed by atoms with Crippen LogP contribution < -0.4 is 14.8 Å². The number of likely N-dealkylation sites (N-methyl/N-ethyl adjacent to an activating group) is 1. The van der Waals surface area contributed by atoms with Crippen LogP contribution in [0.2, 0.25) is 0 Å². The van der Waals surface area contributed by atoms with Crippen molar-refractivity contribution in [1.82, 2.24) is 10.0 Å². The lowest BCUT2D eigenvalue weighted by atomic mass is 10.3. The number of halogens is 3. The monoisotopic (exact) mass is 370 g/mol. The molecule has 0 fully saturated rings. The van der Waals surface area contributed by atoms with E-state index in [9.17, 15) is 31.2 Å². The molecule has 0 aliphatic rings. The van der Waals surface area contributed by atoms with Gasteiger partial charge in [0.05, 0.1) is 4.90 Å².